The first-order valence-corrected chi connectivity index (χ1v) is 13.2. The number of anilines is 2. The van der Waals surface area contributed by atoms with Crippen LogP contribution < -0.4 is 15.5 Å². The van der Waals surface area contributed by atoms with E-state index in [-0.39, 0.29) is 16.8 Å². The monoisotopic (exact) mass is 558 g/mol. The van der Waals surface area contributed by atoms with Gasteiger partial charge in [0.25, 0.3) is 5.91 Å². The number of hydrogen-bond donors (Lipinski definition) is 2. The van der Waals surface area contributed by atoms with Crippen LogP contribution in [-0.4, -0.2) is 48.0 Å². The molecule has 10 heteroatoms. The number of hydrogen-bond acceptors (Lipinski definition) is 5. The number of benzene rings is 2. The molecule has 0 atom stereocenters. The lowest BCUT2D eigenvalue weighted by atomic mass is 10.1. The minimum absolute atomic E-state index is 0.119. The molecule has 1 fully saturated rings. The van der Waals surface area contributed by atoms with E-state index >= 15 is 0 Å². The molecule has 1 aromatic heterocycles. The quantitative estimate of drug-likeness (QED) is 0.354. The fourth-order valence-corrected chi connectivity index (χ4v) is 4.79. The van der Waals surface area contributed by atoms with Crippen molar-refractivity contribution < 1.29 is 14.0 Å². The maximum atomic E-state index is 12.6. The summed E-state index contributed by atoms with van der Waals surface area (Å²) in [6, 6.07) is 14.4. The predicted octanol–water partition coefficient (Wildman–Crippen LogP) is 6.14. The summed E-state index contributed by atoms with van der Waals surface area (Å²) in [7, 11) is 0. The minimum Gasteiger partial charge on any atom is -0.451 e. The summed E-state index contributed by atoms with van der Waals surface area (Å²) < 4.78 is 5.71. The fourth-order valence-electron chi connectivity index (χ4n) is 4.10. The third-order valence-electron chi connectivity index (χ3n) is 6.16. The molecule has 194 valence electrons. The zero-order valence-corrected chi connectivity index (χ0v) is 23.0. The second kappa shape index (κ2) is 12.0. The standard InChI is InChI=1S/C27H28Cl2N4O3S/c1-3-4-25(34)33-13-11-32(12-14-33)22-8-7-19(16-21(22)29)30-27(37)31-26(35)24-10-9-23(36-24)18-6-5-17(2)20(28)15-18/h5-10,15-16H,3-4,11-14H2,1-2H3,(H2,30,31,35,37). The number of rotatable bonds is 6. The van der Waals surface area contributed by atoms with Gasteiger partial charge in [-0.25, -0.2) is 0 Å². The van der Waals surface area contributed by atoms with Crippen LogP contribution in [0, 0.1) is 6.92 Å². The van der Waals surface area contributed by atoms with E-state index in [0.717, 1.165) is 36.3 Å². The lowest BCUT2D eigenvalue weighted by Crippen LogP contribution is -2.48. The fraction of sp³-hybridized carbons (Fsp3) is 0.296. The average Bonchev–Trinajstić information content (AvgIpc) is 3.37. The third-order valence-corrected chi connectivity index (χ3v) is 7.07. The van der Waals surface area contributed by atoms with E-state index in [2.05, 4.69) is 15.5 Å². The Hall–Kier alpha value is -3.07. The van der Waals surface area contributed by atoms with E-state index in [0.29, 0.717) is 41.0 Å². The number of thiocarbonyl (C=S) groups is 1. The van der Waals surface area contributed by atoms with Crippen molar-refractivity contribution in [1.82, 2.24) is 10.2 Å². The number of amides is 2. The number of furan rings is 1. The van der Waals surface area contributed by atoms with Gasteiger partial charge >= 0.3 is 0 Å². The van der Waals surface area contributed by atoms with Crippen molar-refractivity contribution in [2.24, 2.45) is 0 Å². The summed E-state index contributed by atoms with van der Waals surface area (Å²) >= 11 is 18.1. The van der Waals surface area contributed by atoms with Crippen LogP contribution >= 0.6 is 35.4 Å². The maximum Gasteiger partial charge on any atom is 0.293 e. The molecule has 2 heterocycles. The molecule has 0 aliphatic carbocycles. The molecule has 0 saturated carbocycles. The summed E-state index contributed by atoms with van der Waals surface area (Å²) in [6.45, 7) is 6.72. The molecule has 3 aromatic rings. The van der Waals surface area contributed by atoms with Crippen molar-refractivity contribution in [3.63, 3.8) is 0 Å². The predicted molar refractivity (Wildman–Crippen MR) is 153 cm³/mol. The first kappa shape index (κ1) is 27.0. The lowest BCUT2D eigenvalue weighted by Gasteiger charge is -2.36. The van der Waals surface area contributed by atoms with Crippen LogP contribution in [0.25, 0.3) is 11.3 Å². The summed E-state index contributed by atoms with van der Waals surface area (Å²) in [6.07, 6.45) is 1.44. The Morgan fingerprint density at radius 1 is 1.00 bits per heavy atom. The Balaban J connectivity index is 1.32. The summed E-state index contributed by atoms with van der Waals surface area (Å²) in [5.74, 6) is 0.387. The Morgan fingerprint density at radius 2 is 1.76 bits per heavy atom. The number of nitrogens with zero attached hydrogens (tertiary/aromatic N) is 2. The molecule has 1 aliphatic heterocycles. The molecule has 2 amide bonds. The number of carbonyl (C=O) groups is 2. The molecule has 0 unspecified atom stereocenters. The summed E-state index contributed by atoms with van der Waals surface area (Å²) in [5.41, 5.74) is 3.27. The molecular weight excluding hydrogens is 531 g/mol. The Morgan fingerprint density at radius 3 is 2.43 bits per heavy atom. The van der Waals surface area contributed by atoms with Gasteiger partial charge in [0.1, 0.15) is 5.76 Å². The van der Waals surface area contributed by atoms with Crippen molar-refractivity contribution in [3.05, 3.63) is 69.9 Å². The topological polar surface area (TPSA) is 77.8 Å². The van der Waals surface area contributed by atoms with Crippen molar-refractivity contribution in [1.29, 1.82) is 0 Å². The Kier molecular flexibility index (Phi) is 8.74. The summed E-state index contributed by atoms with van der Waals surface area (Å²) in [4.78, 5) is 28.8. The molecule has 4 rings (SSSR count). The van der Waals surface area contributed by atoms with Crippen LogP contribution in [0.15, 0.2) is 52.9 Å². The Bertz CT molecular complexity index is 1320. The number of nitrogens with one attached hydrogen (secondary N) is 2. The van der Waals surface area contributed by atoms with E-state index in [1.165, 1.54) is 0 Å². The largest absolute Gasteiger partial charge is 0.451 e. The van der Waals surface area contributed by atoms with Gasteiger partial charge in [-0.05, 0) is 67.5 Å². The first-order valence-electron chi connectivity index (χ1n) is 12.1. The molecule has 2 N–H and O–H groups in total. The molecule has 7 nitrogen and oxygen atoms in total. The van der Waals surface area contributed by atoms with E-state index in [4.69, 9.17) is 39.8 Å². The van der Waals surface area contributed by atoms with Crippen LogP contribution in [0.3, 0.4) is 0 Å². The molecule has 2 aromatic carbocycles. The van der Waals surface area contributed by atoms with Crippen LogP contribution in [0.5, 0.6) is 0 Å². The second-order valence-corrected chi connectivity index (χ2v) is 10.0. The van der Waals surface area contributed by atoms with Gasteiger partial charge in [-0.15, -0.1) is 0 Å². The van der Waals surface area contributed by atoms with Crippen LogP contribution in [-0.2, 0) is 4.79 Å². The highest BCUT2D eigenvalue weighted by Gasteiger charge is 2.22. The molecule has 1 saturated heterocycles. The SMILES string of the molecule is CCCC(=O)N1CCN(c2ccc(NC(=S)NC(=O)c3ccc(-c4ccc(C)c(Cl)c4)o3)cc2Cl)CC1. The van der Waals surface area contributed by atoms with Gasteiger partial charge in [-0.1, -0.05) is 42.3 Å². The second-order valence-electron chi connectivity index (χ2n) is 8.82. The van der Waals surface area contributed by atoms with E-state index < -0.39 is 5.91 Å². The molecule has 37 heavy (non-hydrogen) atoms. The summed E-state index contributed by atoms with van der Waals surface area (Å²) in [5, 5.41) is 6.91. The number of halogens is 2. The average molecular weight is 560 g/mol. The molecule has 1 aliphatic rings. The minimum atomic E-state index is -0.472. The lowest BCUT2D eigenvalue weighted by molar-refractivity contribution is -0.131. The zero-order valence-electron chi connectivity index (χ0n) is 20.6. The van der Waals surface area contributed by atoms with Crippen molar-refractivity contribution >= 4 is 63.7 Å². The van der Waals surface area contributed by atoms with Crippen LogP contribution in [0.4, 0.5) is 11.4 Å². The van der Waals surface area contributed by atoms with Gasteiger partial charge in [-0.2, -0.15) is 0 Å². The maximum absolute atomic E-state index is 12.6. The van der Waals surface area contributed by atoms with Gasteiger partial charge in [-0.3, -0.25) is 14.9 Å². The van der Waals surface area contributed by atoms with Gasteiger partial charge < -0.3 is 19.5 Å². The molecule has 0 spiro atoms. The van der Waals surface area contributed by atoms with Gasteiger partial charge in [0, 0.05) is 48.9 Å². The first-order chi connectivity index (χ1) is 17.7. The van der Waals surface area contributed by atoms with Crippen molar-refractivity contribution in [2.75, 3.05) is 36.4 Å². The van der Waals surface area contributed by atoms with Crippen LogP contribution in [0.2, 0.25) is 10.0 Å². The van der Waals surface area contributed by atoms with Crippen molar-refractivity contribution in [3.8, 4) is 11.3 Å². The highest BCUT2D eigenvalue weighted by molar-refractivity contribution is 7.80. The molecule has 0 bridgehead atoms. The van der Waals surface area contributed by atoms with Gasteiger partial charge in [0.05, 0.1) is 10.7 Å². The van der Waals surface area contributed by atoms with E-state index in [1.54, 1.807) is 24.3 Å². The van der Waals surface area contributed by atoms with Gasteiger partial charge in [0.15, 0.2) is 10.9 Å². The highest BCUT2D eigenvalue weighted by Crippen LogP contribution is 2.30. The number of piperazine rings is 1. The zero-order chi connectivity index (χ0) is 26.5. The van der Waals surface area contributed by atoms with E-state index in [9.17, 15) is 9.59 Å². The smallest absolute Gasteiger partial charge is 0.293 e. The third kappa shape index (κ3) is 6.63. The van der Waals surface area contributed by atoms with Gasteiger partial charge in [0.2, 0.25) is 5.91 Å². The van der Waals surface area contributed by atoms with Crippen molar-refractivity contribution in [2.45, 2.75) is 26.7 Å². The molecular formula is C27H28Cl2N4O3S. The highest BCUT2D eigenvalue weighted by atomic mass is 35.5. The van der Waals surface area contributed by atoms with Crippen LogP contribution in [0.1, 0.15) is 35.9 Å². The number of aryl methyl sites for hydroxylation is 1. The Labute approximate surface area is 231 Å². The normalized spacial score (nSPS) is 13.4. The van der Waals surface area contributed by atoms with E-state index in [1.807, 2.05) is 43.0 Å². The number of carbonyl (C=O) groups excluding carboxylic acids is 2. The molecule has 0 radical (unpaired) electrons.